The molecule has 0 radical (unpaired) electrons. The highest BCUT2D eigenvalue weighted by Gasteiger charge is 2.18. The minimum atomic E-state index is 0.653. The smallest absolute Gasteiger partial charge is 0.162 e. The van der Waals surface area contributed by atoms with E-state index in [2.05, 4.69) is 22.5 Å². The van der Waals surface area contributed by atoms with Gasteiger partial charge in [-0.15, -0.1) is 11.3 Å². The molecule has 0 bridgehead atoms. The lowest BCUT2D eigenvalue weighted by Crippen LogP contribution is -2.37. The summed E-state index contributed by atoms with van der Waals surface area (Å²) in [5.74, 6) is 0.866. The Morgan fingerprint density at radius 2 is 2.48 bits per heavy atom. The van der Waals surface area contributed by atoms with E-state index in [1.807, 2.05) is 12.1 Å². The van der Waals surface area contributed by atoms with Gasteiger partial charge in [-0.1, -0.05) is 6.92 Å². The Balaban J connectivity index is 1.62. The average molecular weight is 305 g/mol. The molecule has 0 amide bonds. The molecule has 3 heterocycles. The van der Waals surface area contributed by atoms with Crippen LogP contribution in [-0.4, -0.2) is 35.6 Å². The van der Waals surface area contributed by atoms with E-state index in [1.54, 1.807) is 17.6 Å². The highest BCUT2D eigenvalue weighted by Crippen LogP contribution is 2.24. The third-order valence-corrected chi connectivity index (χ3v) is 4.76. The molecule has 1 unspecified atom stereocenters. The normalized spacial score (nSPS) is 18.7. The van der Waals surface area contributed by atoms with Gasteiger partial charge >= 0.3 is 0 Å². The average Bonchev–Trinajstić information content (AvgIpc) is 3.21. The zero-order valence-electron chi connectivity index (χ0n) is 12.5. The van der Waals surface area contributed by atoms with Gasteiger partial charge in [-0.2, -0.15) is 0 Å². The molecule has 1 fully saturated rings. The summed E-state index contributed by atoms with van der Waals surface area (Å²) in [5.41, 5.74) is 1.15. The first kappa shape index (κ1) is 14.8. The van der Waals surface area contributed by atoms with E-state index in [-0.39, 0.29) is 0 Å². The number of furan rings is 1. The Bertz CT molecular complexity index is 531. The van der Waals surface area contributed by atoms with Gasteiger partial charge in [0.15, 0.2) is 10.8 Å². The second-order valence-electron chi connectivity index (χ2n) is 5.65. The minimum Gasteiger partial charge on any atom is -0.462 e. The summed E-state index contributed by atoms with van der Waals surface area (Å²) >= 11 is 1.66. The van der Waals surface area contributed by atoms with E-state index in [9.17, 15) is 0 Å². The summed E-state index contributed by atoms with van der Waals surface area (Å²) in [6.07, 6.45) is 5.49. The highest BCUT2D eigenvalue weighted by molar-refractivity contribution is 7.13. The first-order chi connectivity index (χ1) is 10.3. The van der Waals surface area contributed by atoms with Crippen molar-refractivity contribution in [2.45, 2.75) is 38.8 Å². The van der Waals surface area contributed by atoms with Crippen molar-refractivity contribution >= 4 is 11.3 Å². The zero-order valence-corrected chi connectivity index (χ0v) is 13.4. The van der Waals surface area contributed by atoms with Crippen molar-refractivity contribution < 1.29 is 4.42 Å². The van der Waals surface area contributed by atoms with Crippen LogP contribution < -0.4 is 5.32 Å². The topological polar surface area (TPSA) is 41.3 Å². The van der Waals surface area contributed by atoms with Crippen molar-refractivity contribution in [2.75, 3.05) is 19.6 Å². The van der Waals surface area contributed by atoms with Crippen LogP contribution in [0.25, 0.3) is 10.8 Å². The molecule has 0 spiro atoms. The summed E-state index contributed by atoms with van der Waals surface area (Å²) in [7, 11) is 0. The fourth-order valence-corrected chi connectivity index (χ4v) is 3.67. The number of hydrogen-bond acceptors (Lipinski definition) is 5. The van der Waals surface area contributed by atoms with Crippen molar-refractivity contribution in [3.8, 4) is 10.8 Å². The maximum absolute atomic E-state index is 5.42. The molecule has 5 heteroatoms. The molecule has 114 valence electrons. The molecule has 4 nitrogen and oxygen atoms in total. The quantitative estimate of drug-likeness (QED) is 0.851. The van der Waals surface area contributed by atoms with E-state index in [1.165, 1.54) is 25.8 Å². The maximum atomic E-state index is 5.42. The van der Waals surface area contributed by atoms with Gasteiger partial charge in [-0.05, 0) is 44.5 Å². The van der Waals surface area contributed by atoms with Crippen LogP contribution in [0.4, 0.5) is 0 Å². The molecule has 1 atom stereocenters. The van der Waals surface area contributed by atoms with Crippen molar-refractivity contribution in [3.05, 3.63) is 29.5 Å². The number of nitrogens with zero attached hydrogens (tertiary/aromatic N) is 2. The second kappa shape index (κ2) is 7.20. The Morgan fingerprint density at radius 3 is 3.19 bits per heavy atom. The summed E-state index contributed by atoms with van der Waals surface area (Å²) in [6.45, 7) is 6.60. The van der Waals surface area contributed by atoms with Crippen LogP contribution in [0.5, 0.6) is 0 Å². The monoisotopic (exact) mass is 305 g/mol. The van der Waals surface area contributed by atoms with Crippen LogP contribution in [0.1, 0.15) is 31.9 Å². The van der Waals surface area contributed by atoms with E-state index in [0.717, 1.165) is 36.1 Å². The van der Waals surface area contributed by atoms with E-state index < -0.39 is 0 Å². The molecule has 1 aliphatic heterocycles. The standard InChI is InChI=1S/C16H23N3OS/c1-2-8-19(10-13-5-3-7-17-13)11-14-12-21-16(18-14)15-6-4-9-20-15/h4,6,9,12-13,17H,2-3,5,7-8,10-11H2,1H3. The molecule has 0 saturated carbocycles. The molecule has 1 saturated heterocycles. The molecule has 0 aromatic carbocycles. The molecule has 0 aliphatic carbocycles. The Hall–Kier alpha value is -1.17. The Kier molecular flexibility index (Phi) is 5.06. The van der Waals surface area contributed by atoms with Crippen LogP contribution in [0.3, 0.4) is 0 Å². The molecular formula is C16H23N3OS. The van der Waals surface area contributed by atoms with Gasteiger partial charge in [0, 0.05) is 24.5 Å². The van der Waals surface area contributed by atoms with Gasteiger partial charge in [0.2, 0.25) is 0 Å². The van der Waals surface area contributed by atoms with Gasteiger partial charge in [0.05, 0.1) is 12.0 Å². The second-order valence-corrected chi connectivity index (χ2v) is 6.51. The zero-order chi connectivity index (χ0) is 14.5. The highest BCUT2D eigenvalue weighted by atomic mass is 32.1. The number of rotatable bonds is 7. The molecule has 2 aromatic rings. The van der Waals surface area contributed by atoms with E-state index in [0.29, 0.717) is 6.04 Å². The summed E-state index contributed by atoms with van der Waals surface area (Å²) in [5, 5.41) is 6.72. The lowest BCUT2D eigenvalue weighted by molar-refractivity contribution is 0.239. The van der Waals surface area contributed by atoms with Gasteiger partial charge in [0.1, 0.15) is 0 Å². The summed E-state index contributed by atoms with van der Waals surface area (Å²) < 4.78 is 5.42. The Morgan fingerprint density at radius 1 is 1.52 bits per heavy atom. The molecule has 21 heavy (non-hydrogen) atoms. The Labute approximate surface area is 130 Å². The SMILES string of the molecule is CCCN(Cc1csc(-c2ccco2)n1)CC1CCCN1. The predicted octanol–water partition coefficient (Wildman–Crippen LogP) is 3.37. The molecule has 3 rings (SSSR count). The molecular weight excluding hydrogens is 282 g/mol. The van der Waals surface area contributed by atoms with Crippen LogP contribution in [0.15, 0.2) is 28.2 Å². The first-order valence-electron chi connectivity index (χ1n) is 7.79. The van der Waals surface area contributed by atoms with Crippen LogP contribution in [0, 0.1) is 0 Å². The number of hydrogen-bond donors (Lipinski definition) is 1. The number of thiazole rings is 1. The van der Waals surface area contributed by atoms with Gasteiger partial charge < -0.3 is 9.73 Å². The molecule has 1 N–H and O–H groups in total. The van der Waals surface area contributed by atoms with Crippen LogP contribution in [-0.2, 0) is 6.54 Å². The molecule has 1 aliphatic rings. The van der Waals surface area contributed by atoms with Crippen molar-refractivity contribution in [3.63, 3.8) is 0 Å². The van der Waals surface area contributed by atoms with E-state index in [4.69, 9.17) is 9.40 Å². The van der Waals surface area contributed by atoms with Crippen molar-refractivity contribution in [1.82, 2.24) is 15.2 Å². The predicted molar refractivity (Wildman–Crippen MR) is 86.4 cm³/mol. The summed E-state index contributed by atoms with van der Waals surface area (Å²) in [4.78, 5) is 7.23. The lowest BCUT2D eigenvalue weighted by Gasteiger charge is -2.24. The van der Waals surface area contributed by atoms with E-state index >= 15 is 0 Å². The van der Waals surface area contributed by atoms with Gasteiger partial charge in [0.25, 0.3) is 0 Å². The lowest BCUT2D eigenvalue weighted by atomic mass is 10.2. The largest absolute Gasteiger partial charge is 0.462 e. The fraction of sp³-hybridized carbons (Fsp3) is 0.562. The third-order valence-electron chi connectivity index (χ3n) is 3.85. The van der Waals surface area contributed by atoms with Crippen LogP contribution >= 0.6 is 11.3 Å². The van der Waals surface area contributed by atoms with Gasteiger partial charge in [-0.25, -0.2) is 4.98 Å². The van der Waals surface area contributed by atoms with Gasteiger partial charge in [-0.3, -0.25) is 4.90 Å². The number of aromatic nitrogens is 1. The summed E-state index contributed by atoms with van der Waals surface area (Å²) in [6, 6.07) is 4.53. The number of nitrogens with one attached hydrogen (secondary N) is 1. The third kappa shape index (κ3) is 3.93. The van der Waals surface area contributed by atoms with Crippen molar-refractivity contribution in [2.24, 2.45) is 0 Å². The first-order valence-corrected chi connectivity index (χ1v) is 8.67. The molecule has 2 aromatic heterocycles. The maximum Gasteiger partial charge on any atom is 0.162 e. The fourth-order valence-electron chi connectivity index (χ4n) is 2.90. The van der Waals surface area contributed by atoms with Crippen LogP contribution in [0.2, 0.25) is 0 Å². The minimum absolute atomic E-state index is 0.653. The van der Waals surface area contributed by atoms with Crippen molar-refractivity contribution in [1.29, 1.82) is 0 Å².